The van der Waals surface area contributed by atoms with Crippen molar-refractivity contribution < 1.29 is 13.9 Å². The van der Waals surface area contributed by atoms with E-state index in [0.29, 0.717) is 13.0 Å². The lowest BCUT2D eigenvalue weighted by Gasteiger charge is -2.33. The first kappa shape index (κ1) is 9.86. The summed E-state index contributed by atoms with van der Waals surface area (Å²) in [5.74, 6) is -0.207. The second-order valence-corrected chi connectivity index (χ2v) is 3.51. The van der Waals surface area contributed by atoms with Crippen LogP contribution in [0, 0.1) is 5.92 Å². The maximum atomic E-state index is 12.0. The summed E-state index contributed by atoms with van der Waals surface area (Å²) in [5.41, 5.74) is 0. The predicted octanol–water partition coefficient (Wildman–Crippen LogP) is 0.954. The highest BCUT2D eigenvalue weighted by molar-refractivity contribution is 4.78. The van der Waals surface area contributed by atoms with Gasteiger partial charge in [0.15, 0.2) is 0 Å². The second-order valence-electron chi connectivity index (χ2n) is 3.51. The van der Waals surface area contributed by atoms with Gasteiger partial charge in [-0.05, 0) is 25.9 Å². The molecule has 4 heteroatoms. The summed E-state index contributed by atoms with van der Waals surface area (Å²) in [7, 11) is 1.89. The molecule has 1 fully saturated rings. The van der Waals surface area contributed by atoms with Crippen molar-refractivity contribution in [2.75, 3.05) is 20.1 Å². The monoisotopic (exact) mass is 179 g/mol. The van der Waals surface area contributed by atoms with E-state index in [-0.39, 0.29) is 12.3 Å². The third-order valence-corrected chi connectivity index (χ3v) is 2.41. The maximum Gasteiger partial charge on any atom is 0.239 e. The number of likely N-dealkylation sites (tertiary alicyclic amines) is 1. The highest BCUT2D eigenvalue weighted by atomic mass is 19.3. The van der Waals surface area contributed by atoms with Crippen molar-refractivity contribution in [3.63, 3.8) is 0 Å². The van der Waals surface area contributed by atoms with E-state index in [1.54, 1.807) is 0 Å². The second kappa shape index (κ2) is 4.14. The molecule has 0 aliphatic carbocycles. The predicted molar refractivity (Wildman–Crippen MR) is 42.2 cm³/mol. The Kier molecular flexibility index (Phi) is 3.40. The molecular formula is C8H15F2NO. The summed E-state index contributed by atoms with van der Waals surface area (Å²) in [6.45, 7) is 1.34. The molecule has 0 bridgehead atoms. The topological polar surface area (TPSA) is 23.5 Å². The van der Waals surface area contributed by atoms with Crippen LogP contribution in [0.3, 0.4) is 0 Å². The van der Waals surface area contributed by atoms with Crippen LogP contribution in [-0.4, -0.2) is 42.7 Å². The van der Waals surface area contributed by atoms with Crippen molar-refractivity contribution in [2.45, 2.75) is 25.4 Å². The molecule has 1 saturated heterocycles. The lowest BCUT2D eigenvalue weighted by atomic mass is 9.91. The summed E-state index contributed by atoms with van der Waals surface area (Å²) in [5, 5.41) is 9.41. The number of halogens is 2. The minimum absolute atomic E-state index is 0.158. The van der Waals surface area contributed by atoms with Gasteiger partial charge in [-0.1, -0.05) is 0 Å². The third kappa shape index (κ3) is 2.68. The number of β-amino-alcohol motifs (C(OH)–C–C–N with tert-alkyl or cyclic N) is 1. The average Bonchev–Trinajstić information content (AvgIpc) is 1.94. The molecule has 0 aromatic carbocycles. The van der Waals surface area contributed by atoms with E-state index in [1.165, 1.54) is 0 Å². The SMILES string of the molecule is CN1CCC(CC(F)F)C(O)C1. The molecule has 0 radical (unpaired) electrons. The molecule has 12 heavy (non-hydrogen) atoms. The fraction of sp³-hybridized carbons (Fsp3) is 1.00. The summed E-state index contributed by atoms with van der Waals surface area (Å²) in [4.78, 5) is 1.96. The Labute approximate surface area is 71.2 Å². The van der Waals surface area contributed by atoms with Crippen LogP contribution in [0.2, 0.25) is 0 Å². The van der Waals surface area contributed by atoms with Crippen molar-refractivity contribution in [1.82, 2.24) is 4.90 Å². The molecule has 0 aromatic heterocycles. The van der Waals surface area contributed by atoms with Crippen LogP contribution >= 0.6 is 0 Å². The van der Waals surface area contributed by atoms with E-state index in [1.807, 2.05) is 11.9 Å². The van der Waals surface area contributed by atoms with Gasteiger partial charge in [0.05, 0.1) is 6.10 Å². The summed E-state index contributed by atoms with van der Waals surface area (Å²) in [6.07, 6.45) is -2.33. The fourth-order valence-corrected chi connectivity index (χ4v) is 1.64. The molecule has 1 aliphatic heterocycles. The van der Waals surface area contributed by atoms with E-state index < -0.39 is 12.5 Å². The van der Waals surface area contributed by atoms with E-state index in [0.717, 1.165) is 6.54 Å². The van der Waals surface area contributed by atoms with Crippen LogP contribution < -0.4 is 0 Å². The number of rotatable bonds is 2. The number of aliphatic hydroxyl groups excluding tert-OH is 1. The summed E-state index contributed by atoms with van der Waals surface area (Å²) in [6, 6.07) is 0. The zero-order valence-corrected chi connectivity index (χ0v) is 7.21. The molecule has 2 nitrogen and oxygen atoms in total. The number of hydrogen-bond donors (Lipinski definition) is 1. The van der Waals surface area contributed by atoms with Crippen LogP contribution in [-0.2, 0) is 0 Å². The van der Waals surface area contributed by atoms with Crippen molar-refractivity contribution in [2.24, 2.45) is 5.92 Å². The number of likely N-dealkylation sites (N-methyl/N-ethyl adjacent to an activating group) is 1. The molecule has 0 aromatic rings. The lowest BCUT2D eigenvalue weighted by molar-refractivity contribution is -0.000670. The van der Waals surface area contributed by atoms with Crippen LogP contribution in [0.5, 0.6) is 0 Å². The molecule has 0 spiro atoms. The first-order valence-electron chi connectivity index (χ1n) is 4.24. The molecule has 1 heterocycles. The Balaban J connectivity index is 2.34. The molecule has 2 unspecified atom stereocenters. The molecule has 1 rings (SSSR count). The Hall–Kier alpha value is -0.220. The summed E-state index contributed by atoms with van der Waals surface area (Å²) >= 11 is 0. The van der Waals surface area contributed by atoms with Crippen LogP contribution in [0.25, 0.3) is 0 Å². The normalized spacial score (nSPS) is 32.8. The standard InChI is InChI=1S/C8H15F2NO/c1-11-3-2-6(4-8(9)10)7(12)5-11/h6-8,12H,2-5H2,1H3. The van der Waals surface area contributed by atoms with Crippen LogP contribution in [0.4, 0.5) is 8.78 Å². The quantitative estimate of drug-likeness (QED) is 0.682. The average molecular weight is 179 g/mol. The Morgan fingerprint density at radius 1 is 1.58 bits per heavy atom. The van der Waals surface area contributed by atoms with Gasteiger partial charge in [0.2, 0.25) is 6.43 Å². The van der Waals surface area contributed by atoms with Gasteiger partial charge in [-0.25, -0.2) is 8.78 Å². The number of aliphatic hydroxyl groups is 1. The van der Waals surface area contributed by atoms with Crippen molar-refractivity contribution in [3.05, 3.63) is 0 Å². The largest absolute Gasteiger partial charge is 0.392 e. The first-order valence-corrected chi connectivity index (χ1v) is 4.24. The lowest BCUT2D eigenvalue weighted by Crippen LogP contribution is -2.42. The van der Waals surface area contributed by atoms with E-state index in [2.05, 4.69) is 0 Å². The van der Waals surface area contributed by atoms with Crippen LogP contribution in [0.15, 0.2) is 0 Å². The molecule has 72 valence electrons. The molecule has 0 amide bonds. The molecular weight excluding hydrogens is 164 g/mol. The van der Waals surface area contributed by atoms with Gasteiger partial charge in [0.25, 0.3) is 0 Å². The van der Waals surface area contributed by atoms with Crippen molar-refractivity contribution >= 4 is 0 Å². The van der Waals surface area contributed by atoms with Gasteiger partial charge in [-0.2, -0.15) is 0 Å². The van der Waals surface area contributed by atoms with Gasteiger partial charge < -0.3 is 10.0 Å². The zero-order chi connectivity index (χ0) is 9.14. The van der Waals surface area contributed by atoms with Crippen LogP contribution in [0.1, 0.15) is 12.8 Å². The van der Waals surface area contributed by atoms with E-state index in [9.17, 15) is 13.9 Å². The number of nitrogens with zero attached hydrogens (tertiary/aromatic N) is 1. The van der Waals surface area contributed by atoms with Gasteiger partial charge in [0, 0.05) is 13.0 Å². The summed E-state index contributed by atoms with van der Waals surface area (Å²) < 4.78 is 23.9. The van der Waals surface area contributed by atoms with E-state index >= 15 is 0 Å². The van der Waals surface area contributed by atoms with E-state index in [4.69, 9.17) is 0 Å². The van der Waals surface area contributed by atoms with Gasteiger partial charge in [-0.15, -0.1) is 0 Å². The number of alkyl halides is 2. The van der Waals surface area contributed by atoms with Gasteiger partial charge in [-0.3, -0.25) is 0 Å². The smallest absolute Gasteiger partial charge is 0.239 e. The molecule has 1 N–H and O–H groups in total. The third-order valence-electron chi connectivity index (χ3n) is 2.41. The maximum absolute atomic E-state index is 12.0. The number of hydrogen-bond acceptors (Lipinski definition) is 2. The van der Waals surface area contributed by atoms with Crippen molar-refractivity contribution in [1.29, 1.82) is 0 Å². The van der Waals surface area contributed by atoms with Crippen molar-refractivity contribution in [3.8, 4) is 0 Å². The Morgan fingerprint density at radius 2 is 2.25 bits per heavy atom. The highest BCUT2D eigenvalue weighted by Crippen LogP contribution is 2.23. The minimum atomic E-state index is -2.28. The fourth-order valence-electron chi connectivity index (χ4n) is 1.64. The molecule has 0 saturated carbocycles. The molecule has 1 aliphatic rings. The minimum Gasteiger partial charge on any atom is -0.392 e. The van der Waals surface area contributed by atoms with Gasteiger partial charge in [0.1, 0.15) is 0 Å². The zero-order valence-electron chi connectivity index (χ0n) is 7.21. The molecule has 2 atom stereocenters. The Bertz CT molecular complexity index is 143. The van der Waals surface area contributed by atoms with Gasteiger partial charge >= 0.3 is 0 Å². The number of piperidine rings is 1. The first-order chi connectivity index (χ1) is 5.59. The highest BCUT2D eigenvalue weighted by Gasteiger charge is 2.27. The Morgan fingerprint density at radius 3 is 2.75 bits per heavy atom.